The summed E-state index contributed by atoms with van der Waals surface area (Å²) in [5.74, 6) is -0.555. The lowest BCUT2D eigenvalue weighted by Crippen LogP contribution is -2.50. The summed E-state index contributed by atoms with van der Waals surface area (Å²) in [6.07, 6.45) is 2.33. The van der Waals surface area contributed by atoms with Gasteiger partial charge in [0.1, 0.15) is 6.04 Å². The smallest absolute Gasteiger partial charge is 0.243 e. The summed E-state index contributed by atoms with van der Waals surface area (Å²) >= 11 is 13.0. The Hall–Kier alpha value is -2.91. The van der Waals surface area contributed by atoms with Crippen LogP contribution in [0.25, 0.3) is 0 Å². The molecule has 0 aromatic heterocycles. The highest BCUT2D eigenvalue weighted by atomic mass is 35.5. The van der Waals surface area contributed by atoms with E-state index < -0.39 is 16.1 Å². The van der Waals surface area contributed by atoms with Gasteiger partial charge in [0.05, 0.1) is 4.90 Å². The molecule has 0 fully saturated rings. The number of hydrogen-bond donors (Lipinski definition) is 1. The van der Waals surface area contributed by atoms with E-state index in [0.29, 0.717) is 28.6 Å². The first-order valence-corrected chi connectivity index (χ1v) is 15.9. The minimum absolute atomic E-state index is 0.0320. The van der Waals surface area contributed by atoms with Crippen LogP contribution in [0, 0.1) is 0 Å². The summed E-state index contributed by atoms with van der Waals surface area (Å²) in [5.41, 5.74) is 1.45. The molecule has 2 amide bonds. The molecule has 3 aromatic rings. The van der Waals surface area contributed by atoms with Crippen LogP contribution in [0.1, 0.15) is 43.7 Å². The Morgan fingerprint density at radius 2 is 1.49 bits per heavy atom. The Balaban J connectivity index is 1.86. The van der Waals surface area contributed by atoms with Crippen LogP contribution in [-0.2, 0) is 32.6 Å². The molecule has 0 heterocycles. The first-order chi connectivity index (χ1) is 19.6. The summed E-state index contributed by atoms with van der Waals surface area (Å²) in [4.78, 5) is 29.1. The molecule has 41 heavy (non-hydrogen) atoms. The van der Waals surface area contributed by atoms with Crippen LogP contribution >= 0.6 is 23.2 Å². The van der Waals surface area contributed by atoms with Gasteiger partial charge in [0, 0.05) is 55.1 Å². The molecular weight excluding hydrogens is 581 g/mol. The van der Waals surface area contributed by atoms with Crippen molar-refractivity contribution in [2.75, 3.05) is 20.1 Å². The largest absolute Gasteiger partial charge is 0.354 e. The third-order valence-corrected chi connectivity index (χ3v) is 9.39. The molecule has 0 radical (unpaired) electrons. The number of amides is 2. The zero-order valence-electron chi connectivity index (χ0n) is 23.4. The second-order valence-corrected chi connectivity index (χ2v) is 12.7. The molecule has 0 aliphatic rings. The SMILES string of the molecule is CCCCNC(=O)[C@@H](Cc1ccccc1)N(Cc1c(Cl)cccc1Cl)C(=O)CCCN(C)S(=O)(=O)c1ccccc1. The average molecular weight is 619 g/mol. The minimum Gasteiger partial charge on any atom is -0.354 e. The van der Waals surface area contributed by atoms with Gasteiger partial charge in [-0.25, -0.2) is 12.7 Å². The van der Waals surface area contributed by atoms with Gasteiger partial charge < -0.3 is 10.2 Å². The van der Waals surface area contributed by atoms with Gasteiger partial charge in [-0.2, -0.15) is 0 Å². The molecular formula is C31H37Cl2N3O4S. The maximum Gasteiger partial charge on any atom is 0.243 e. The van der Waals surface area contributed by atoms with Gasteiger partial charge in [-0.3, -0.25) is 9.59 Å². The quantitative estimate of drug-likeness (QED) is 0.213. The number of nitrogens with one attached hydrogen (secondary N) is 1. The Morgan fingerprint density at radius 1 is 0.878 bits per heavy atom. The van der Waals surface area contributed by atoms with Crippen LogP contribution in [-0.4, -0.2) is 55.6 Å². The molecule has 0 aliphatic heterocycles. The number of benzene rings is 3. The first-order valence-electron chi connectivity index (χ1n) is 13.7. The number of hydrogen-bond acceptors (Lipinski definition) is 4. The van der Waals surface area contributed by atoms with Crippen LogP contribution in [0.4, 0.5) is 0 Å². The maximum absolute atomic E-state index is 13.8. The van der Waals surface area contributed by atoms with E-state index in [9.17, 15) is 18.0 Å². The van der Waals surface area contributed by atoms with Crippen molar-refractivity contribution in [2.45, 2.75) is 56.5 Å². The summed E-state index contributed by atoms with van der Waals surface area (Å²) in [6.45, 7) is 2.71. The van der Waals surface area contributed by atoms with Gasteiger partial charge in [-0.15, -0.1) is 0 Å². The van der Waals surface area contributed by atoms with Gasteiger partial charge in [-0.05, 0) is 42.7 Å². The molecule has 0 unspecified atom stereocenters. The highest BCUT2D eigenvalue weighted by Crippen LogP contribution is 2.28. The van der Waals surface area contributed by atoms with Crippen molar-refractivity contribution >= 4 is 45.0 Å². The fourth-order valence-electron chi connectivity index (χ4n) is 4.40. The minimum atomic E-state index is -3.69. The second-order valence-electron chi connectivity index (χ2n) is 9.82. The molecule has 0 spiro atoms. The van der Waals surface area contributed by atoms with Crippen molar-refractivity contribution in [2.24, 2.45) is 0 Å². The van der Waals surface area contributed by atoms with E-state index in [1.165, 1.54) is 28.4 Å². The molecule has 0 aliphatic carbocycles. The number of sulfonamides is 1. The van der Waals surface area contributed by atoms with E-state index in [2.05, 4.69) is 5.32 Å². The highest BCUT2D eigenvalue weighted by Gasteiger charge is 2.31. The van der Waals surface area contributed by atoms with E-state index >= 15 is 0 Å². The van der Waals surface area contributed by atoms with Crippen LogP contribution in [0.2, 0.25) is 10.0 Å². The number of halogens is 2. The van der Waals surface area contributed by atoms with Crippen molar-refractivity contribution < 1.29 is 18.0 Å². The van der Waals surface area contributed by atoms with Gasteiger partial charge in [-0.1, -0.05) is 91.1 Å². The molecule has 0 saturated carbocycles. The van der Waals surface area contributed by atoms with E-state index in [0.717, 1.165) is 18.4 Å². The molecule has 220 valence electrons. The molecule has 10 heteroatoms. The number of unbranched alkanes of at least 4 members (excludes halogenated alkanes) is 1. The average Bonchev–Trinajstić information content (AvgIpc) is 2.97. The molecule has 7 nitrogen and oxygen atoms in total. The molecule has 1 N–H and O–H groups in total. The molecule has 1 atom stereocenters. The second kappa shape index (κ2) is 15.9. The van der Waals surface area contributed by atoms with Crippen LogP contribution in [0.5, 0.6) is 0 Å². The van der Waals surface area contributed by atoms with Crippen LogP contribution in [0.3, 0.4) is 0 Å². The number of carbonyl (C=O) groups excluding carboxylic acids is 2. The standard InChI is InChI=1S/C31H37Cl2N3O4S/c1-3-4-20-34-31(38)29(22-24-13-7-5-8-14-24)36(23-26-27(32)17-11-18-28(26)33)30(37)19-12-21-35(2)41(39,40)25-15-9-6-10-16-25/h5-11,13-18,29H,3-4,12,19-23H2,1-2H3,(H,34,38)/t29-/m1/s1. The van der Waals surface area contributed by atoms with E-state index in [-0.39, 0.29) is 42.6 Å². The van der Waals surface area contributed by atoms with Crippen molar-refractivity contribution in [3.05, 3.63) is 100 Å². The fraction of sp³-hybridized carbons (Fsp3) is 0.355. The van der Waals surface area contributed by atoms with Gasteiger partial charge in [0.15, 0.2) is 0 Å². The summed E-state index contributed by atoms with van der Waals surface area (Å²) < 4.78 is 27.1. The molecule has 0 saturated heterocycles. The summed E-state index contributed by atoms with van der Waals surface area (Å²) in [5, 5.41) is 3.77. The topological polar surface area (TPSA) is 86.8 Å². The molecule has 0 bridgehead atoms. The third-order valence-electron chi connectivity index (χ3n) is 6.81. The van der Waals surface area contributed by atoms with E-state index in [1.807, 2.05) is 37.3 Å². The summed E-state index contributed by atoms with van der Waals surface area (Å²) in [6, 6.07) is 22.0. The monoisotopic (exact) mass is 617 g/mol. The van der Waals surface area contributed by atoms with E-state index in [4.69, 9.17) is 23.2 Å². The van der Waals surface area contributed by atoms with Crippen molar-refractivity contribution in [3.63, 3.8) is 0 Å². The number of carbonyl (C=O) groups is 2. The first kappa shape index (κ1) is 32.6. The lowest BCUT2D eigenvalue weighted by molar-refractivity contribution is -0.141. The number of rotatable bonds is 15. The fourth-order valence-corrected chi connectivity index (χ4v) is 6.15. The Kier molecular flexibility index (Phi) is 12.7. The van der Waals surface area contributed by atoms with Crippen molar-refractivity contribution in [1.29, 1.82) is 0 Å². The van der Waals surface area contributed by atoms with Gasteiger partial charge >= 0.3 is 0 Å². The highest BCUT2D eigenvalue weighted by molar-refractivity contribution is 7.89. The zero-order valence-corrected chi connectivity index (χ0v) is 25.8. The molecule has 3 rings (SSSR count). The summed E-state index contributed by atoms with van der Waals surface area (Å²) in [7, 11) is -2.20. The predicted octanol–water partition coefficient (Wildman–Crippen LogP) is 5.95. The Morgan fingerprint density at radius 3 is 2.10 bits per heavy atom. The van der Waals surface area contributed by atoms with Crippen LogP contribution in [0.15, 0.2) is 83.8 Å². The van der Waals surface area contributed by atoms with Crippen molar-refractivity contribution in [3.8, 4) is 0 Å². The van der Waals surface area contributed by atoms with Crippen LogP contribution < -0.4 is 5.32 Å². The number of nitrogens with zero attached hydrogens (tertiary/aromatic N) is 2. The van der Waals surface area contributed by atoms with Gasteiger partial charge in [0.25, 0.3) is 0 Å². The molecule has 3 aromatic carbocycles. The van der Waals surface area contributed by atoms with Gasteiger partial charge in [0.2, 0.25) is 21.8 Å². The Labute approximate surface area is 253 Å². The third kappa shape index (κ3) is 9.30. The predicted molar refractivity (Wildman–Crippen MR) is 164 cm³/mol. The maximum atomic E-state index is 13.8. The lowest BCUT2D eigenvalue weighted by Gasteiger charge is -2.32. The lowest BCUT2D eigenvalue weighted by atomic mass is 10.0. The normalized spacial score (nSPS) is 12.2. The van der Waals surface area contributed by atoms with E-state index in [1.54, 1.807) is 36.4 Å². The van der Waals surface area contributed by atoms with Crippen molar-refractivity contribution in [1.82, 2.24) is 14.5 Å². The zero-order chi connectivity index (χ0) is 29.8. The Bertz CT molecular complexity index is 1370.